The van der Waals surface area contributed by atoms with Gasteiger partial charge in [0.2, 0.25) is 0 Å². The van der Waals surface area contributed by atoms with Crippen LogP contribution in [0.25, 0.3) is 0 Å². The Bertz CT molecular complexity index is 969. The van der Waals surface area contributed by atoms with Crippen LogP contribution >= 0.6 is 12.2 Å². The predicted molar refractivity (Wildman–Crippen MR) is 137 cm³/mol. The van der Waals surface area contributed by atoms with E-state index in [0.717, 1.165) is 82.6 Å². The Morgan fingerprint density at radius 2 is 2.00 bits per heavy atom. The summed E-state index contributed by atoms with van der Waals surface area (Å²) < 4.78 is 14.0. The van der Waals surface area contributed by atoms with Crippen molar-refractivity contribution < 1.29 is 9.47 Å². The van der Waals surface area contributed by atoms with Crippen LogP contribution in [0.1, 0.15) is 54.0 Å². The fourth-order valence-electron chi connectivity index (χ4n) is 5.70. The third kappa shape index (κ3) is 5.00. The normalized spacial score (nSPS) is 25.8. The van der Waals surface area contributed by atoms with Crippen LogP contribution in [-0.4, -0.2) is 76.6 Å². The van der Waals surface area contributed by atoms with Gasteiger partial charge in [0.15, 0.2) is 5.11 Å². The number of aromatic nitrogens is 2. The van der Waals surface area contributed by atoms with Gasteiger partial charge in [-0.25, -0.2) is 0 Å². The minimum atomic E-state index is 0.0254. The molecular formula is C26H37N5O2S. The van der Waals surface area contributed by atoms with E-state index in [0.29, 0.717) is 0 Å². The summed E-state index contributed by atoms with van der Waals surface area (Å²) in [5, 5.41) is 4.40. The molecule has 0 amide bonds. The molecule has 0 bridgehead atoms. The first-order chi connectivity index (χ1) is 16.6. The number of thiocarbonyl (C=S) groups is 1. The third-order valence-corrected chi connectivity index (χ3v) is 7.87. The summed E-state index contributed by atoms with van der Waals surface area (Å²) in [7, 11) is 0. The zero-order valence-electron chi connectivity index (χ0n) is 20.4. The molecule has 0 aromatic carbocycles. The number of rotatable bonds is 8. The van der Waals surface area contributed by atoms with Gasteiger partial charge in [0.25, 0.3) is 0 Å². The Kier molecular flexibility index (Phi) is 7.49. The van der Waals surface area contributed by atoms with Crippen molar-refractivity contribution in [2.24, 2.45) is 0 Å². The van der Waals surface area contributed by atoms with E-state index in [-0.39, 0.29) is 18.2 Å². The first-order valence-electron chi connectivity index (χ1n) is 12.7. The highest BCUT2D eigenvalue weighted by molar-refractivity contribution is 7.80. The lowest BCUT2D eigenvalue weighted by Gasteiger charge is -2.30. The summed E-state index contributed by atoms with van der Waals surface area (Å²) in [5.41, 5.74) is 5.00. The van der Waals surface area contributed by atoms with E-state index in [1.165, 1.54) is 17.0 Å². The molecule has 5 heterocycles. The Labute approximate surface area is 208 Å². The maximum Gasteiger partial charge on any atom is 0.170 e. The van der Waals surface area contributed by atoms with E-state index in [2.05, 4.69) is 51.7 Å². The number of hydrogen-bond acceptors (Lipinski definition) is 5. The van der Waals surface area contributed by atoms with Crippen molar-refractivity contribution >= 4 is 17.3 Å². The first-order valence-corrected chi connectivity index (χ1v) is 13.1. The minimum Gasteiger partial charge on any atom is -0.379 e. The fourth-order valence-corrected chi connectivity index (χ4v) is 6.01. The second-order valence-corrected chi connectivity index (χ2v) is 10.1. The molecule has 8 heteroatoms. The summed E-state index contributed by atoms with van der Waals surface area (Å²) in [5.74, 6) is 0. The first kappa shape index (κ1) is 23.7. The van der Waals surface area contributed by atoms with E-state index >= 15 is 0 Å². The van der Waals surface area contributed by atoms with E-state index in [9.17, 15) is 0 Å². The van der Waals surface area contributed by atoms with Crippen LogP contribution in [0.5, 0.6) is 0 Å². The van der Waals surface area contributed by atoms with E-state index in [1.54, 1.807) is 0 Å². The standard InChI is InChI=1S/C26H37N5O2S/c1-19-17-22(20(2)30(19)11-6-10-29-12-15-32-16-13-29)25-24(23-8-3-4-9-27-23)28-26(34)31(25)18-21-7-5-14-33-21/h3-4,8-9,17,21,24-25H,5-7,10-16,18H2,1-2H3,(H,28,34)/t21-,24-,25-/m0/s1. The van der Waals surface area contributed by atoms with Crippen molar-refractivity contribution in [1.29, 1.82) is 0 Å². The van der Waals surface area contributed by atoms with Gasteiger partial charge in [0.05, 0.1) is 37.1 Å². The van der Waals surface area contributed by atoms with Crippen molar-refractivity contribution in [1.82, 2.24) is 24.7 Å². The number of pyridine rings is 1. The summed E-state index contributed by atoms with van der Waals surface area (Å²) in [6, 6.07) is 8.62. The maximum absolute atomic E-state index is 5.99. The second-order valence-electron chi connectivity index (χ2n) is 9.70. The van der Waals surface area contributed by atoms with E-state index in [4.69, 9.17) is 26.7 Å². The molecule has 7 nitrogen and oxygen atoms in total. The highest BCUT2D eigenvalue weighted by Crippen LogP contribution is 2.41. The smallest absolute Gasteiger partial charge is 0.170 e. The maximum atomic E-state index is 5.99. The summed E-state index contributed by atoms with van der Waals surface area (Å²) in [6.07, 6.45) is 5.47. The number of aryl methyl sites for hydroxylation is 1. The van der Waals surface area contributed by atoms with Crippen LogP contribution in [0.4, 0.5) is 0 Å². The summed E-state index contributed by atoms with van der Waals surface area (Å²) >= 11 is 5.86. The van der Waals surface area contributed by atoms with Crippen molar-refractivity contribution in [3.05, 3.63) is 53.1 Å². The molecule has 3 aliphatic heterocycles. The Hall–Kier alpha value is -2.00. The van der Waals surface area contributed by atoms with Gasteiger partial charge in [0.1, 0.15) is 0 Å². The molecule has 0 saturated carbocycles. The van der Waals surface area contributed by atoms with Crippen LogP contribution in [-0.2, 0) is 16.0 Å². The zero-order chi connectivity index (χ0) is 23.5. The number of nitrogens with one attached hydrogen (secondary N) is 1. The lowest BCUT2D eigenvalue weighted by Crippen LogP contribution is -2.37. The molecule has 0 unspecified atom stereocenters. The second kappa shape index (κ2) is 10.7. The molecule has 2 aromatic rings. The zero-order valence-corrected chi connectivity index (χ0v) is 21.2. The molecule has 0 spiro atoms. The largest absolute Gasteiger partial charge is 0.379 e. The van der Waals surface area contributed by atoms with Gasteiger partial charge in [-0.1, -0.05) is 6.07 Å². The third-order valence-electron chi connectivity index (χ3n) is 7.51. The van der Waals surface area contributed by atoms with Crippen LogP contribution in [0.3, 0.4) is 0 Å². The molecular weight excluding hydrogens is 446 g/mol. The van der Waals surface area contributed by atoms with Crippen LogP contribution < -0.4 is 5.32 Å². The molecule has 3 atom stereocenters. The molecule has 0 aliphatic carbocycles. The molecule has 184 valence electrons. The molecule has 3 aliphatic rings. The monoisotopic (exact) mass is 483 g/mol. The SMILES string of the molecule is Cc1cc([C@H]2[C@H](c3ccccn3)NC(=S)N2C[C@@H]2CCCO2)c(C)n1CCCN1CCOCC1. The summed E-state index contributed by atoms with van der Waals surface area (Å²) in [4.78, 5) is 9.56. The van der Waals surface area contributed by atoms with Crippen LogP contribution in [0.15, 0.2) is 30.5 Å². The number of nitrogens with zero attached hydrogens (tertiary/aromatic N) is 4. The van der Waals surface area contributed by atoms with Gasteiger partial charge >= 0.3 is 0 Å². The molecule has 0 radical (unpaired) electrons. The number of ether oxygens (including phenoxy) is 2. The average Bonchev–Trinajstić information content (AvgIpc) is 3.56. The Morgan fingerprint density at radius 1 is 1.15 bits per heavy atom. The van der Waals surface area contributed by atoms with E-state index in [1.807, 2.05) is 12.3 Å². The lowest BCUT2D eigenvalue weighted by atomic mass is 9.96. The minimum absolute atomic E-state index is 0.0254. The van der Waals surface area contributed by atoms with E-state index < -0.39 is 0 Å². The van der Waals surface area contributed by atoms with Gasteiger partial charge < -0.3 is 24.3 Å². The number of morpholine rings is 1. The van der Waals surface area contributed by atoms with Gasteiger partial charge in [0, 0.05) is 56.9 Å². The predicted octanol–water partition coefficient (Wildman–Crippen LogP) is 3.37. The molecule has 3 fully saturated rings. The van der Waals surface area contributed by atoms with Gasteiger partial charge in [-0.2, -0.15) is 0 Å². The molecule has 34 heavy (non-hydrogen) atoms. The molecule has 1 N–H and O–H groups in total. The Morgan fingerprint density at radius 3 is 2.74 bits per heavy atom. The van der Waals surface area contributed by atoms with Crippen molar-refractivity contribution in [2.45, 2.75) is 57.8 Å². The quantitative estimate of drug-likeness (QED) is 0.578. The van der Waals surface area contributed by atoms with Gasteiger partial charge in [-0.3, -0.25) is 9.88 Å². The van der Waals surface area contributed by atoms with Gasteiger partial charge in [-0.15, -0.1) is 0 Å². The number of hydrogen-bond donors (Lipinski definition) is 1. The van der Waals surface area contributed by atoms with Crippen LogP contribution in [0, 0.1) is 13.8 Å². The van der Waals surface area contributed by atoms with Crippen LogP contribution in [0.2, 0.25) is 0 Å². The topological polar surface area (TPSA) is 54.8 Å². The highest BCUT2D eigenvalue weighted by atomic mass is 32.1. The summed E-state index contributed by atoms with van der Waals surface area (Å²) in [6.45, 7) is 12.1. The fraction of sp³-hybridized carbons (Fsp3) is 0.615. The average molecular weight is 484 g/mol. The molecule has 5 rings (SSSR count). The molecule has 2 aromatic heterocycles. The van der Waals surface area contributed by atoms with Crippen molar-refractivity contribution in [3.63, 3.8) is 0 Å². The van der Waals surface area contributed by atoms with Crippen molar-refractivity contribution in [3.8, 4) is 0 Å². The Balaban J connectivity index is 1.39. The highest BCUT2D eigenvalue weighted by Gasteiger charge is 2.42. The molecule has 3 saturated heterocycles. The van der Waals surface area contributed by atoms with Gasteiger partial charge in [-0.05, 0) is 69.1 Å². The van der Waals surface area contributed by atoms with Crippen molar-refractivity contribution in [2.75, 3.05) is 46.0 Å². The lowest BCUT2D eigenvalue weighted by molar-refractivity contribution is 0.0369.